The van der Waals surface area contributed by atoms with Gasteiger partial charge >= 0.3 is 0 Å². The fourth-order valence-corrected chi connectivity index (χ4v) is 2.40. The molecule has 1 aromatic rings. The average Bonchev–Trinajstić information content (AvgIpc) is 2.62. The molecule has 1 unspecified atom stereocenters. The summed E-state index contributed by atoms with van der Waals surface area (Å²) in [5.74, 6) is 0.0670. The second kappa shape index (κ2) is 4.42. The highest BCUT2D eigenvalue weighted by atomic mass is 35.5. The lowest BCUT2D eigenvalue weighted by Crippen LogP contribution is -2.33. The smallest absolute Gasteiger partial charge is 0.254 e. The van der Waals surface area contributed by atoms with Crippen LogP contribution in [0.3, 0.4) is 0 Å². The number of likely N-dealkylation sites (tertiary alicyclic amines) is 1. The Labute approximate surface area is 100 Å². The van der Waals surface area contributed by atoms with E-state index < -0.39 is 0 Å². The van der Waals surface area contributed by atoms with Crippen LogP contribution >= 0.6 is 11.6 Å². The van der Waals surface area contributed by atoms with Crippen molar-refractivity contribution in [2.45, 2.75) is 32.7 Å². The molecule has 0 spiro atoms. The Morgan fingerprint density at radius 2 is 2.31 bits per heavy atom. The van der Waals surface area contributed by atoms with Gasteiger partial charge in [0, 0.05) is 23.8 Å². The summed E-state index contributed by atoms with van der Waals surface area (Å²) in [5, 5.41) is 0.384. The molecule has 0 saturated carbocycles. The van der Waals surface area contributed by atoms with Gasteiger partial charge in [0.15, 0.2) is 0 Å². The third kappa shape index (κ3) is 2.19. The Balaban J connectivity index is 2.26. The molecule has 0 radical (unpaired) electrons. The minimum atomic E-state index is 0.0670. The molecule has 0 bridgehead atoms. The molecule has 1 aromatic heterocycles. The molecule has 0 N–H and O–H groups in total. The first-order valence-corrected chi connectivity index (χ1v) is 5.91. The molecule has 86 valence electrons. The molecule has 0 aromatic carbocycles. The minimum absolute atomic E-state index is 0.0670. The van der Waals surface area contributed by atoms with Crippen LogP contribution < -0.4 is 0 Å². The summed E-state index contributed by atoms with van der Waals surface area (Å²) >= 11 is 5.86. The summed E-state index contributed by atoms with van der Waals surface area (Å²) in [4.78, 5) is 18.2. The average molecular weight is 239 g/mol. The Kier molecular flexibility index (Phi) is 3.15. The summed E-state index contributed by atoms with van der Waals surface area (Å²) < 4.78 is 0. The Hall–Kier alpha value is -1.09. The molecule has 1 fully saturated rings. The lowest BCUT2D eigenvalue weighted by Gasteiger charge is -2.21. The summed E-state index contributed by atoms with van der Waals surface area (Å²) in [6.45, 7) is 4.77. The predicted molar refractivity (Wildman–Crippen MR) is 63.7 cm³/mol. The SMILES string of the molecule is Cc1cc(C(=O)N2CCCC2C)cc(Cl)n1. The number of nitrogens with zero attached hydrogens (tertiary/aromatic N) is 2. The van der Waals surface area contributed by atoms with Gasteiger partial charge in [-0.15, -0.1) is 0 Å². The summed E-state index contributed by atoms with van der Waals surface area (Å²) in [5.41, 5.74) is 1.42. The molecule has 1 aliphatic rings. The molecule has 4 heteroatoms. The molecule has 1 atom stereocenters. The van der Waals surface area contributed by atoms with E-state index in [1.165, 1.54) is 0 Å². The van der Waals surface area contributed by atoms with Gasteiger partial charge in [0.05, 0.1) is 0 Å². The van der Waals surface area contributed by atoms with Crippen molar-refractivity contribution in [3.63, 3.8) is 0 Å². The molecular weight excluding hydrogens is 224 g/mol. The maximum atomic E-state index is 12.2. The number of amides is 1. The number of hydrogen-bond acceptors (Lipinski definition) is 2. The van der Waals surface area contributed by atoms with Gasteiger partial charge < -0.3 is 4.90 Å². The zero-order chi connectivity index (χ0) is 11.7. The predicted octanol–water partition coefficient (Wildman–Crippen LogP) is 2.67. The van der Waals surface area contributed by atoms with Crippen LogP contribution in [0.5, 0.6) is 0 Å². The standard InChI is InChI=1S/C12H15ClN2O/c1-8-6-10(7-11(13)14-8)12(16)15-5-3-4-9(15)2/h6-7,9H,3-5H2,1-2H3. The van der Waals surface area contributed by atoms with E-state index in [-0.39, 0.29) is 5.91 Å². The fourth-order valence-electron chi connectivity index (χ4n) is 2.15. The first-order valence-electron chi connectivity index (χ1n) is 5.53. The number of carbonyl (C=O) groups is 1. The number of rotatable bonds is 1. The highest BCUT2D eigenvalue weighted by molar-refractivity contribution is 6.29. The van der Waals surface area contributed by atoms with Gasteiger partial charge in [-0.25, -0.2) is 4.98 Å². The van der Waals surface area contributed by atoms with Gasteiger partial charge in [0.25, 0.3) is 5.91 Å². The quantitative estimate of drug-likeness (QED) is 0.705. The van der Waals surface area contributed by atoms with Crippen molar-refractivity contribution >= 4 is 17.5 Å². The Morgan fingerprint density at radius 3 is 2.88 bits per heavy atom. The van der Waals surface area contributed by atoms with Crippen molar-refractivity contribution in [3.05, 3.63) is 28.5 Å². The largest absolute Gasteiger partial charge is 0.336 e. The summed E-state index contributed by atoms with van der Waals surface area (Å²) in [7, 11) is 0. The van der Waals surface area contributed by atoms with Gasteiger partial charge in [-0.2, -0.15) is 0 Å². The normalized spacial score (nSPS) is 20.2. The van der Waals surface area contributed by atoms with Crippen LogP contribution in [0.25, 0.3) is 0 Å². The number of pyridine rings is 1. The number of aryl methyl sites for hydroxylation is 1. The molecule has 2 rings (SSSR count). The monoisotopic (exact) mass is 238 g/mol. The van der Waals surface area contributed by atoms with Gasteiger partial charge in [0.2, 0.25) is 0 Å². The number of aromatic nitrogens is 1. The molecule has 1 saturated heterocycles. The third-order valence-electron chi connectivity index (χ3n) is 2.98. The van der Waals surface area contributed by atoms with Crippen LogP contribution in [0.15, 0.2) is 12.1 Å². The van der Waals surface area contributed by atoms with E-state index in [2.05, 4.69) is 11.9 Å². The van der Waals surface area contributed by atoms with E-state index in [9.17, 15) is 4.79 Å². The Morgan fingerprint density at radius 1 is 1.56 bits per heavy atom. The van der Waals surface area contributed by atoms with E-state index in [0.717, 1.165) is 25.1 Å². The fraction of sp³-hybridized carbons (Fsp3) is 0.500. The first kappa shape index (κ1) is 11.4. The third-order valence-corrected chi connectivity index (χ3v) is 3.18. The molecular formula is C12H15ClN2O. The topological polar surface area (TPSA) is 33.2 Å². The van der Waals surface area contributed by atoms with E-state index >= 15 is 0 Å². The maximum Gasteiger partial charge on any atom is 0.254 e. The van der Waals surface area contributed by atoms with Crippen molar-refractivity contribution in [3.8, 4) is 0 Å². The minimum Gasteiger partial charge on any atom is -0.336 e. The first-order chi connectivity index (χ1) is 7.58. The van der Waals surface area contributed by atoms with Crippen LogP contribution in [0.4, 0.5) is 0 Å². The summed E-state index contributed by atoms with van der Waals surface area (Å²) in [6, 6.07) is 3.76. The van der Waals surface area contributed by atoms with Crippen LogP contribution in [0.1, 0.15) is 35.8 Å². The zero-order valence-electron chi connectivity index (χ0n) is 9.53. The van der Waals surface area contributed by atoms with Crippen LogP contribution in [0.2, 0.25) is 5.15 Å². The zero-order valence-corrected chi connectivity index (χ0v) is 10.3. The number of hydrogen-bond donors (Lipinski definition) is 0. The van der Waals surface area contributed by atoms with Gasteiger partial charge in [-0.3, -0.25) is 4.79 Å². The van der Waals surface area contributed by atoms with Crippen LogP contribution in [-0.2, 0) is 0 Å². The van der Waals surface area contributed by atoms with Crippen LogP contribution in [-0.4, -0.2) is 28.4 Å². The highest BCUT2D eigenvalue weighted by Gasteiger charge is 2.26. The van der Waals surface area contributed by atoms with Gasteiger partial charge in [-0.1, -0.05) is 11.6 Å². The van der Waals surface area contributed by atoms with Gasteiger partial charge in [-0.05, 0) is 38.8 Å². The van der Waals surface area contributed by atoms with E-state index in [1.54, 1.807) is 12.1 Å². The number of halogens is 1. The molecule has 1 amide bonds. The van der Waals surface area contributed by atoms with E-state index in [0.29, 0.717) is 16.8 Å². The van der Waals surface area contributed by atoms with Crippen LogP contribution in [0, 0.1) is 6.92 Å². The Bertz CT molecular complexity index is 399. The number of carbonyl (C=O) groups excluding carboxylic acids is 1. The summed E-state index contributed by atoms with van der Waals surface area (Å²) in [6.07, 6.45) is 2.17. The van der Waals surface area contributed by atoms with E-state index in [4.69, 9.17) is 11.6 Å². The van der Waals surface area contributed by atoms with Crippen molar-refractivity contribution in [2.24, 2.45) is 0 Å². The van der Waals surface area contributed by atoms with Crippen molar-refractivity contribution in [2.75, 3.05) is 6.54 Å². The molecule has 16 heavy (non-hydrogen) atoms. The van der Waals surface area contributed by atoms with Crippen molar-refractivity contribution in [1.29, 1.82) is 0 Å². The maximum absolute atomic E-state index is 12.2. The lowest BCUT2D eigenvalue weighted by atomic mass is 10.2. The lowest BCUT2D eigenvalue weighted by molar-refractivity contribution is 0.0747. The molecule has 2 heterocycles. The molecule has 1 aliphatic heterocycles. The molecule has 3 nitrogen and oxygen atoms in total. The molecule has 0 aliphatic carbocycles. The van der Waals surface area contributed by atoms with Gasteiger partial charge in [0.1, 0.15) is 5.15 Å². The highest BCUT2D eigenvalue weighted by Crippen LogP contribution is 2.20. The van der Waals surface area contributed by atoms with Crippen molar-refractivity contribution in [1.82, 2.24) is 9.88 Å². The van der Waals surface area contributed by atoms with Crippen molar-refractivity contribution < 1.29 is 4.79 Å². The second-order valence-corrected chi connectivity index (χ2v) is 4.70. The van der Waals surface area contributed by atoms with E-state index in [1.807, 2.05) is 11.8 Å². The second-order valence-electron chi connectivity index (χ2n) is 4.31.